The summed E-state index contributed by atoms with van der Waals surface area (Å²) in [4.78, 5) is 12.5. The van der Waals surface area contributed by atoms with Crippen molar-refractivity contribution in [1.29, 1.82) is 0 Å². The number of aliphatic hydroxyl groups is 1. The van der Waals surface area contributed by atoms with Gasteiger partial charge < -0.3 is 14.8 Å². The molecule has 1 atom stereocenters. The van der Waals surface area contributed by atoms with E-state index in [0.717, 1.165) is 4.88 Å². The molecule has 0 aliphatic carbocycles. The molecule has 0 aliphatic heterocycles. The van der Waals surface area contributed by atoms with Crippen molar-refractivity contribution in [3.63, 3.8) is 0 Å². The number of thiophene rings is 1. The van der Waals surface area contributed by atoms with Crippen molar-refractivity contribution in [3.05, 3.63) is 45.0 Å². The SMILES string of the molecule is CC(O)(CNC(=O)c1ccc(Br)o1)c1cccs1. The minimum Gasteiger partial charge on any atom is -0.444 e. The fraction of sp³-hybridized carbons (Fsp3) is 0.250. The number of carbonyl (C=O) groups is 1. The Labute approximate surface area is 117 Å². The first-order valence-corrected chi connectivity index (χ1v) is 6.96. The normalized spacial score (nSPS) is 14.2. The van der Waals surface area contributed by atoms with Crippen LogP contribution in [0.25, 0.3) is 0 Å². The van der Waals surface area contributed by atoms with Crippen LogP contribution >= 0.6 is 27.3 Å². The van der Waals surface area contributed by atoms with Gasteiger partial charge in [0.05, 0.1) is 6.54 Å². The second kappa shape index (κ2) is 5.26. The van der Waals surface area contributed by atoms with E-state index in [2.05, 4.69) is 21.2 Å². The monoisotopic (exact) mass is 329 g/mol. The zero-order chi connectivity index (χ0) is 13.2. The van der Waals surface area contributed by atoms with Crippen molar-refractivity contribution in [2.75, 3.05) is 6.54 Å². The van der Waals surface area contributed by atoms with Gasteiger partial charge in [0.25, 0.3) is 5.91 Å². The van der Waals surface area contributed by atoms with Gasteiger partial charge in [0.1, 0.15) is 5.60 Å². The predicted octanol–water partition coefficient (Wildman–Crippen LogP) is 2.74. The summed E-state index contributed by atoms with van der Waals surface area (Å²) in [5.74, 6) is -0.138. The molecule has 0 saturated heterocycles. The number of hydrogen-bond acceptors (Lipinski definition) is 4. The molecule has 0 aromatic carbocycles. The van der Waals surface area contributed by atoms with Gasteiger partial charge in [-0.05, 0) is 46.4 Å². The number of halogens is 1. The smallest absolute Gasteiger partial charge is 0.287 e. The largest absolute Gasteiger partial charge is 0.444 e. The highest BCUT2D eigenvalue weighted by Crippen LogP contribution is 2.24. The Morgan fingerprint density at radius 3 is 2.89 bits per heavy atom. The number of rotatable bonds is 4. The van der Waals surface area contributed by atoms with Crippen LogP contribution in [0.2, 0.25) is 0 Å². The minimum absolute atomic E-state index is 0.130. The molecule has 2 heterocycles. The highest BCUT2D eigenvalue weighted by molar-refractivity contribution is 9.10. The highest BCUT2D eigenvalue weighted by atomic mass is 79.9. The van der Waals surface area contributed by atoms with E-state index in [-0.39, 0.29) is 18.2 Å². The second-order valence-electron chi connectivity index (χ2n) is 4.04. The zero-order valence-corrected chi connectivity index (χ0v) is 12.0. The lowest BCUT2D eigenvalue weighted by Crippen LogP contribution is -2.37. The van der Waals surface area contributed by atoms with Crippen LogP contribution in [0.15, 0.2) is 38.7 Å². The van der Waals surface area contributed by atoms with Crippen LogP contribution in [0.4, 0.5) is 0 Å². The van der Waals surface area contributed by atoms with Crippen LogP contribution < -0.4 is 5.32 Å². The predicted molar refractivity (Wildman–Crippen MR) is 72.6 cm³/mol. The zero-order valence-electron chi connectivity index (χ0n) is 9.64. The van der Waals surface area contributed by atoms with Crippen LogP contribution in [0.3, 0.4) is 0 Å². The summed E-state index contributed by atoms with van der Waals surface area (Å²) in [6, 6.07) is 6.91. The lowest BCUT2D eigenvalue weighted by Gasteiger charge is -2.21. The molecule has 2 rings (SSSR count). The van der Waals surface area contributed by atoms with E-state index in [1.807, 2.05) is 17.5 Å². The molecule has 0 spiro atoms. The van der Waals surface area contributed by atoms with Gasteiger partial charge in [-0.25, -0.2) is 0 Å². The third-order valence-electron chi connectivity index (χ3n) is 2.44. The van der Waals surface area contributed by atoms with Gasteiger partial charge in [0.15, 0.2) is 10.4 Å². The van der Waals surface area contributed by atoms with Gasteiger partial charge >= 0.3 is 0 Å². The number of nitrogens with one attached hydrogen (secondary N) is 1. The number of amides is 1. The Hall–Kier alpha value is -1.11. The molecule has 2 aromatic heterocycles. The molecule has 2 aromatic rings. The van der Waals surface area contributed by atoms with E-state index in [1.54, 1.807) is 19.1 Å². The lowest BCUT2D eigenvalue weighted by atomic mass is 10.1. The van der Waals surface area contributed by atoms with E-state index in [4.69, 9.17) is 4.42 Å². The first kappa shape index (κ1) is 13.3. The Balaban J connectivity index is 1.98. The summed E-state index contributed by atoms with van der Waals surface area (Å²) in [6.45, 7) is 1.79. The molecular formula is C12H12BrNO3S. The summed E-state index contributed by atoms with van der Waals surface area (Å²) in [5, 5.41) is 14.8. The fourth-order valence-corrected chi connectivity index (χ4v) is 2.54. The second-order valence-corrected chi connectivity index (χ2v) is 5.77. The summed E-state index contributed by atoms with van der Waals surface area (Å²) in [7, 11) is 0. The molecule has 0 saturated carbocycles. The first-order chi connectivity index (χ1) is 8.49. The van der Waals surface area contributed by atoms with Crippen LogP contribution in [-0.2, 0) is 5.60 Å². The minimum atomic E-state index is -1.08. The molecule has 4 nitrogen and oxygen atoms in total. The third-order valence-corrected chi connectivity index (χ3v) is 3.99. The van der Waals surface area contributed by atoms with Crippen molar-refractivity contribution in [2.24, 2.45) is 0 Å². The average Bonchev–Trinajstić information content (AvgIpc) is 2.96. The van der Waals surface area contributed by atoms with Crippen LogP contribution in [-0.4, -0.2) is 17.6 Å². The Kier molecular flexibility index (Phi) is 3.89. The summed E-state index contributed by atoms with van der Waals surface area (Å²) in [6.07, 6.45) is 0. The topological polar surface area (TPSA) is 62.5 Å². The number of hydrogen-bond donors (Lipinski definition) is 2. The van der Waals surface area contributed by atoms with Gasteiger partial charge in [0, 0.05) is 4.88 Å². The van der Waals surface area contributed by atoms with Crippen LogP contribution in [0.5, 0.6) is 0 Å². The maximum absolute atomic E-state index is 11.7. The fourth-order valence-electron chi connectivity index (χ4n) is 1.45. The van der Waals surface area contributed by atoms with Crippen molar-refractivity contribution in [3.8, 4) is 0 Å². The van der Waals surface area contributed by atoms with E-state index < -0.39 is 5.60 Å². The van der Waals surface area contributed by atoms with Gasteiger partial charge in [-0.2, -0.15) is 0 Å². The summed E-state index contributed by atoms with van der Waals surface area (Å²) in [5.41, 5.74) is -1.08. The van der Waals surface area contributed by atoms with E-state index in [0.29, 0.717) is 4.67 Å². The quantitative estimate of drug-likeness (QED) is 0.906. The maximum Gasteiger partial charge on any atom is 0.287 e. The van der Waals surface area contributed by atoms with E-state index in [9.17, 15) is 9.90 Å². The molecule has 0 aliphatic rings. The Morgan fingerprint density at radius 1 is 1.56 bits per heavy atom. The molecule has 0 fully saturated rings. The average molecular weight is 330 g/mol. The number of furan rings is 1. The first-order valence-electron chi connectivity index (χ1n) is 5.29. The van der Waals surface area contributed by atoms with Crippen molar-refractivity contribution < 1.29 is 14.3 Å². The standard InChI is InChI=1S/C12H12BrNO3S/c1-12(16,9-3-2-6-18-9)7-14-11(15)8-4-5-10(13)17-8/h2-6,16H,7H2,1H3,(H,14,15). The third kappa shape index (κ3) is 3.01. The van der Waals surface area contributed by atoms with Gasteiger partial charge in [0.2, 0.25) is 0 Å². The summed E-state index contributed by atoms with van der Waals surface area (Å²) >= 11 is 4.58. The van der Waals surface area contributed by atoms with Gasteiger partial charge in [-0.3, -0.25) is 4.79 Å². The van der Waals surface area contributed by atoms with Crippen LogP contribution in [0.1, 0.15) is 22.4 Å². The molecular weight excluding hydrogens is 318 g/mol. The van der Waals surface area contributed by atoms with Crippen molar-refractivity contribution in [1.82, 2.24) is 5.32 Å². The van der Waals surface area contributed by atoms with Crippen LogP contribution in [0, 0.1) is 0 Å². The molecule has 0 bridgehead atoms. The maximum atomic E-state index is 11.7. The van der Waals surface area contributed by atoms with Gasteiger partial charge in [-0.15, -0.1) is 11.3 Å². The van der Waals surface area contributed by atoms with Crippen molar-refractivity contribution in [2.45, 2.75) is 12.5 Å². The molecule has 96 valence electrons. The number of carbonyl (C=O) groups excluding carboxylic acids is 1. The Bertz CT molecular complexity index is 533. The Morgan fingerprint density at radius 2 is 2.33 bits per heavy atom. The highest BCUT2D eigenvalue weighted by Gasteiger charge is 2.25. The molecule has 1 unspecified atom stereocenters. The lowest BCUT2D eigenvalue weighted by molar-refractivity contribution is 0.0548. The molecule has 1 amide bonds. The van der Waals surface area contributed by atoms with Gasteiger partial charge in [-0.1, -0.05) is 6.07 Å². The van der Waals surface area contributed by atoms with Crippen molar-refractivity contribution >= 4 is 33.2 Å². The molecule has 2 N–H and O–H groups in total. The van der Waals surface area contributed by atoms with E-state index >= 15 is 0 Å². The molecule has 6 heteroatoms. The van der Waals surface area contributed by atoms with E-state index in [1.165, 1.54) is 11.3 Å². The molecule has 18 heavy (non-hydrogen) atoms. The molecule has 0 radical (unpaired) electrons. The summed E-state index contributed by atoms with van der Waals surface area (Å²) < 4.78 is 5.62.